The van der Waals surface area contributed by atoms with Gasteiger partial charge >= 0.3 is 0 Å². The first kappa shape index (κ1) is 14.5. The van der Waals surface area contributed by atoms with E-state index < -0.39 is 0 Å². The van der Waals surface area contributed by atoms with Crippen LogP contribution < -0.4 is 5.32 Å². The topological polar surface area (TPSA) is 46.4 Å². The van der Waals surface area contributed by atoms with Crippen molar-refractivity contribution in [2.75, 3.05) is 0 Å². The second kappa shape index (κ2) is 5.81. The molecule has 23 heavy (non-hydrogen) atoms. The third kappa shape index (κ3) is 3.01. The number of thiazole rings is 1. The van der Waals surface area contributed by atoms with Crippen molar-refractivity contribution >= 4 is 22.2 Å². The van der Waals surface area contributed by atoms with Crippen LogP contribution in [0.5, 0.6) is 0 Å². The standard InChI is InChI=1S/C18H19N3OS/c1-2-12-3-5-13(6-4-12)16-10-21-15(11-23-18(21)20-16)9-17(22)19-14-7-8-14/h3-6,10-11,14H,2,7-9H2,1H3,(H,19,22). The predicted molar refractivity (Wildman–Crippen MR) is 92.8 cm³/mol. The maximum Gasteiger partial charge on any atom is 0.226 e. The largest absolute Gasteiger partial charge is 0.353 e. The molecule has 0 unspecified atom stereocenters. The summed E-state index contributed by atoms with van der Waals surface area (Å²) in [5, 5.41) is 5.07. The molecule has 4 rings (SSSR count). The second-order valence-corrected chi connectivity index (χ2v) is 6.91. The number of aryl methyl sites for hydroxylation is 1. The molecule has 1 aliphatic rings. The Labute approximate surface area is 139 Å². The van der Waals surface area contributed by atoms with Crippen LogP contribution in [0.2, 0.25) is 0 Å². The van der Waals surface area contributed by atoms with Gasteiger partial charge in [-0.05, 0) is 24.8 Å². The minimum Gasteiger partial charge on any atom is -0.353 e. The molecule has 2 aromatic heterocycles. The van der Waals surface area contributed by atoms with E-state index in [4.69, 9.17) is 0 Å². The summed E-state index contributed by atoms with van der Waals surface area (Å²) in [6.07, 6.45) is 5.73. The van der Waals surface area contributed by atoms with Crippen LogP contribution in [0, 0.1) is 0 Å². The van der Waals surface area contributed by atoms with E-state index in [2.05, 4.69) is 41.5 Å². The maximum atomic E-state index is 12.0. The van der Waals surface area contributed by atoms with Crippen molar-refractivity contribution in [1.29, 1.82) is 0 Å². The molecule has 1 aliphatic carbocycles. The molecule has 1 fully saturated rings. The van der Waals surface area contributed by atoms with Crippen LogP contribution in [0.1, 0.15) is 31.0 Å². The molecule has 0 saturated heterocycles. The van der Waals surface area contributed by atoms with Gasteiger partial charge in [0.1, 0.15) is 0 Å². The van der Waals surface area contributed by atoms with Gasteiger partial charge in [0.05, 0.1) is 12.1 Å². The molecule has 4 nitrogen and oxygen atoms in total. The second-order valence-electron chi connectivity index (χ2n) is 6.07. The Hall–Kier alpha value is -2.14. The summed E-state index contributed by atoms with van der Waals surface area (Å²) in [6.45, 7) is 2.15. The normalized spacial score (nSPS) is 14.3. The van der Waals surface area contributed by atoms with Gasteiger partial charge in [-0.1, -0.05) is 31.2 Å². The molecule has 118 valence electrons. The van der Waals surface area contributed by atoms with Crippen molar-refractivity contribution in [3.8, 4) is 11.3 Å². The average molecular weight is 325 g/mol. The number of hydrogen-bond acceptors (Lipinski definition) is 3. The number of benzene rings is 1. The number of nitrogens with zero attached hydrogens (tertiary/aromatic N) is 2. The Morgan fingerprint density at radius 3 is 2.83 bits per heavy atom. The van der Waals surface area contributed by atoms with Crippen molar-refractivity contribution < 1.29 is 4.79 Å². The first-order chi connectivity index (χ1) is 11.2. The number of rotatable bonds is 5. The van der Waals surface area contributed by atoms with Gasteiger partial charge in [-0.15, -0.1) is 11.3 Å². The fourth-order valence-electron chi connectivity index (χ4n) is 2.68. The van der Waals surface area contributed by atoms with Gasteiger partial charge in [-0.3, -0.25) is 9.20 Å². The van der Waals surface area contributed by atoms with Gasteiger partial charge in [-0.25, -0.2) is 4.98 Å². The van der Waals surface area contributed by atoms with Crippen LogP contribution in [0.25, 0.3) is 16.2 Å². The molecule has 0 spiro atoms. The molecular weight excluding hydrogens is 306 g/mol. The quantitative estimate of drug-likeness (QED) is 0.781. The molecule has 5 heteroatoms. The van der Waals surface area contributed by atoms with E-state index in [9.17, 15) is 4.79 Å². The molecule has 2 heterocycles. The lowest BCUT2D eigenvalue weighted by Crippen LogP contribution is -2.27. The molecule has 1 N–H and O–H groups in total. The highest BCUT2D eigenvalue weighted by atomic mass is 32.1. The lowest BCUT2D eigenvalue weighted by molar-refractivity contribution is -0.120. The van der Waals surface area contributed by atoms with Crippen LogP contribution in [-0.2, 0) is 17.6 Å². The molecular formula is C18H19N3OS. The average Bonchev–Trinajstić information content (AvgIpc) is 3.15. The van der Waals surface area contributed by atoms with Crippen LogP contribution in [-0.4, -0.2) is 21.3 Å². The Morgan fingerprint density at radius 1 is 1.35 bits per heavy atom. The van der Waals surface area contributed by atoms with E-state index in [1.165, 1.54) is 5.56 Å². The maximum absolute atomic E-state index is 12.0. The zero-order valence-corrected chi connectivity index (χ0v) is 13.9. The zero-order chi connectivity index (χ0) is 15.8. The van der Waals surface area contributed by atoms with Crippen molar-refractivity contribution in [3.05, 3.63) is 47.1 Å². The number of carbonyl (C=O) groups is 1. The van der Waals surface area contributed by atoms with Gasteiger partial charge in [0.25, 0.3) is 0 Å². The predicted octanol–water partition coefficient (Wildman–Crippen LogP) is 3.45. The minimum atomic E-state index is 0.106. The molecule has 0 bridgehead atoms. The minimum absolute atomic E-state index is 0.106. The van der Waals surface area contributed by atoms with Crippen molar-refractivity contribution in [3.63, 3.8) is 0 Å². The number of nitrogens with one attached hydrogen (secondary N) is 1. The van der Waals surface area contributed by atoms with E-state index in [0.717, 1.165) is 41.2 Å². The fraction of sp³-hybridized carbons (Fsp3) is 0.333. The highest BCUT2D eigenvalue weighted by Gasteiger charge is 2.23. The zero-order valence-electron chi connectivity index (χ0n) is 13.1. The summed E-state index contributed by atoms with van der Waals surface area (Å²) in [5.41, 5.74) is 4.41. The van der Waals surface area contributed by atoms with E-state index >= 15 is 0 Å². The molecule has 0 atom stereocenters. The van der Waals surface area contributed by atoms with Gasteiger partial charge in [0.15, 0.2) is 4.96 Å². The van der Waals surface area contributed by atoms with E-state index in [1.807, 2.05) is 16.0 Å². The van der Waals surface area contributed by atoms with Crippen LogP contribution >= 0.6 is 11.3 Å². The first-order valence-electron chi connectivity index (χ1n) is 8.07. The van der Waals surface area contributed by atoms with E-state index in [0.29, 0.717) is 12.5 Å². The molecule has 1 aromatic carbocycles. The lowest BCUT2D eigenvalue weighted by Gasteiger charge is -2.02. The van der Waals surface area contributed by atoms with E-state index in [-0.39, 0.29) is 5.91 Å². The fourth-order valence-corrected chi connectivity index (χ4v) is 3.55. The Balaban J connectivity index is 1.58. The van der Waals surface area contributed by atoms with Crippen LogP contribution in [0.3, 0.4) is 0 Å². The Kier molecular flexibility index (Phi) is 3.65. The lowest BCUT2D eigenvalue weighted by atomic mass is 10.1. The monoisotopic (exact) mass is 325 g/mol. The molecule has 1 amide bonds. The SMILES string of the molecule is CCc1ccc(-c2cn3c(CC(=O)NC4CC4)csc3n2)cc1. The van der Waals surface area contributed by atoms with Crippen molar-refractivity contribution in [2.24, 2.45) is 0 Å². The highest BCUT2D eigenvalue weighted by Crippen LogP contribution is 2.25. The third-order valence-electron chi connectivity index (χ3n) is 4.23. The molecule has 0 radical (unpaired) electrons. The third-order valence-corrected chi connectivity index (χ3v) is 5.11. The summed E-state index contributed by atoms with van der Waals surface area (Å²) < 4.78 is 2.04. The smallest absolute Gasteiger partial charge is 0.226 e. The van der Waals surface area contributed by atoms with Crippen molar-refractivity contribution in [1.82, 2.24) is 14.7 Å². The Morgan fingerprint density at radius 2 is 2.13 bits per heavy atom. The summed E-state index contributed by atoms with van der Waals surface area (Å²) >= 11 is 1.59. The van der Waals surface area contributed by atoms with Gasteiger partial charge in [-0.2, -0.15) is 0 Å². The number of amides is 1. The number of hydrogen-bond donors (Lipinski definition) is 1. The highest BCUT2D eigenvalue weighted by molar-refractivity contribution is 7.15. The first-order valence-corrected chi connectivity index (χ1v) is 8.95. The Bertz CT molecular complexity index is 843. The summed E-state index contributed by atoms with van der Waals surface area (Å²) in [7, 11) is 0. The van der Waals surface area contributed by atoms with Gasteiger partial charge in [0.2, 0.25) is 5.91 Å². The number of fused-ring (bicyclic) bond motifs is 1. The van der Waals surface area contributed by atoms with E-state index in [1.54, 1.807) is 11.3 Å². The molecule has 1 saturated carbocycles. The van der Waals surface area contributed by atoms with Crippen LogP contribution in [0.15, 0.2) is 35.8 Å². The number of imidazole rings is 1. The number of carbonyl (C=O) groups excluding carboxylic acids is 1. The van der Waals surface area contributed by atoms with Gasteiger partial charge < -0.3 is 5.32 Å². The summed E-state index contributed by atoms with van der Waals surface area (Å²) in [4.78, 5) is 17.6. The summed E-state index contributed by atoms with van der Waals surface area (Å²) in [5.74, 6) is 0.106. The van der Waals surface area contributed by atoms with Crippen molar-refractivity contribution in [2.45, 2.75) is 38.6 Å². The molecule has 0 aliphatic heterocycles. The molecule has 3 aromatic rings. The van der Waals surface area contributed by atoms with Crippen LogP contribution in [0.4, 0.5) is 0 Å². The summed E-state index contributed by atoms with van der Waals surface area (Å²) in [6, 6.07) is 8.93. The van der Waals surface area contributed by atoms with Gasteiger partial charge in [0, 0.05) is 28.9 Å². The number of aromatic nitrogens is 2.